The minimum Gasteiger partial charge on any atom is -0.347 e. The Balaban J connectivity index is 1.77. The first kappa shape index (κ1) is 23.8. The Morgan fingerprint density at radius 2 is 1.65 bits per heavy atom. The second-order valence-corrected chi connectivity index (χ2v) is 11.1. The van der Waals surface area contributed by atoms with Crippen LogP contribution in [0, 0.1) is 6.92 Å². The Morgan fingerprint density at radius 1 is 1.00 bits per heavy atom. The average Bonchev–Trinajstić information content (AvgIpc) is 2.89. The van der Waals surface area contributed by atoms with E-state index in [1.54, 1.807) is 0 Å². The molecular weight excluding hydrogens is 510 g/mol. The number of anilines is 1. The lowest BCUT2D eigenvalue weighted by molar-refractivity contribution is 0.636. The molecular formula is C28H31Br2N. The summed E-state index contributed by atoms with van der Waals surface area (Å²) < 4.78 is 2.22. The van der Waals surface area contributed by atoms with Gasteiger partial charge in [-0.2, -0.15) is 0 Å². The molecule has 2 aromatic carbocycles. The van der Waals surface area contributed by atoms with Crippen LogP contribution in [0.3, 0.4) is 0 Å². The zero-order valence-electron chi connectivity index (χ0n) is 19.3. The van der Waals surface area contributed by atoms with E-state index in [9.17, 15) is 0 Å². The van der Waals surface area contributed by atoms with Crippen molar-refractivity contribution in [3.63, 3.8) is 0 Å². The standard InChI is InChI=1S/C28H31Br2N/c1-19-13-14-21(29)17-23(19)27(3,4)20(2)11-9-8-10-12-26-28(5,6)24-18-22(30)15-16-25(24)31(26)7/h8-18H,2H2,1,3-7H3/b10-8+,11-9+,26-12+. The molecule has 1 nitrogen and oxygen atoms in total. The molecule has 0 bridgehead atoms. The van der Waals surface area contributed by atoms with Gasteiger partial charge in [0, 0.05) is 38.2 Å². The number of halogens is 2. The number of hydrogen-bond acceptors (Lipinski definition) is 1. The fourth-order valence-corrected chi connectivity index (χ4v) is 5.06. The van der Waals surface area contributed by atoms with Gasteiger partial charge in [0.2, 0.25) is 0 Å². The molecule has 0 amide bonds. The van der Waals surface area contributed by atoms with Crippen LogP contribution in [0.4, 0.5) is 5.69 Å². The van der Waals surface area contributed by atoms with E-state index < -0.39 is 0 Å². The Labute approximate surface area is 204 Å². The van der Waals surface area contributed by atoms with Crippen molar-refractivity contribution in [2.75, 3.05) is 11.9 Å². The van der Waals surface area contributed by atoms with E-state index in [0.29, 0.717) is 0 Å². The van der Waals surface area contributed by atoms with Crippen LogP contribution in [0.5, 0.6) is 0 Å². The van der Waals surface area contributed by atoms with Gasteiger partial charge in [0.05, 0.1) is 0 Å². The topological polar surface area (TPSA) is 3.24 Å². The smallest absolute Gasteiger partial charge is 0.0448 e. The first-order chi connectivity index (χ1) is 14.5. The van der Waals surface area contributed by atoms with E-state index in [-0.39, 0.29) is 10.8 Å². The van der Waals surface area contributed by atoms with Crippen LogP contribution in [0.2, 0.25) is 0 Å². The van der Waals surface area contributed by atoms with Crippen molar-refractivity contribution in [2.45, 2.75) is 45.4 Å². The van der Waals surface area contributed by atoms with E-state index >= 15 is 0 Å². The normalized spacial score (nSPS) is 17.2. The number of hydrogen-bond donors (Lipinski definition) is 0. The zero-order chi connectivity index (χ0) is 23.0. The minimum atomic E-state index is -0.140. The quantitative estimate of drug-likeness (QED) is 0.342. The third-order valence-electron chi connectivity index (χ3n) is 6.44. The highest BCUT2D eigenvalue weighted by Gasteiger charge is 2.38. The Bertz CT molecular complexity index is 1100. The molecule has 0 N–H and O–H groups in total. The number of benzene rings is 2. The van der Waals surface area contributed by atoms with E-state index in [4.69, 9.17) is 0 Å². The number of fused-ring (bicyclic) bond motifs is 1. The molecule has 1 aliphatic rings. The fraction of sp³-hybridized carbons (Fsp3) is 0.286. The summed E-state index contributed by atoms with van der Waals surface area (Å²) in [4.78, 5) is 2.29. The van der Waals surface area contributed by atoms with Gasteiger partial charge in [-0.3, -0.25) is 0 Å². The maximum atomic E-state index is 4.36. The molecule has 162 valence electrons. The summed E-state index contributed by atoms with van der Waals surface area (Å²) in [6.07, 6.45) is 10.6. The summed E-state index contributed by atoms with van der Waals surface area (Å²) in [5, 5.41) is 0. The highest BCUT2D eigenvalue weighted by atomic mass is 79.9. The first-order valence-corrected chi connectivity index (χ1v) is 12.1. The molecule has 2 aromatic rings. The van der Waals surface area contributed by atoms with Crippen LogP contribution in [0.15, 0.2) is 93.6 Å². The van der Waals surface area contributed by atoms with Gasteiger partial charge in [-0.1, -0.05) is 96.5 Å². The summed E-state index contributed by atoms with van der Waals surface area (Å²) in [6, 6.07) is 13.0. The molecule has 3 heteroatoms. The van der Waals surface area contributed by atoms with Crippen molar-refractivity contribution in [2.24, 2.45) is 0 Å². The van der Waals surface area contributed by atoms with Crippen LogP contribution in [0.25, 0.3) is 0 Å². The summed E-state index contributed by atoms with van der Waals surface area (Å²) in [5.74, 6) is 0. The van der Waals surface area contributed by atoms with Gasteiger partial charge in [0.15, 0.2) is 0 Å². The van der Waals surface area contributed by atoms with Gasteiger partial charge in [-0.15, -0.1) is 0 Å². The number of rotatable bonds is 5. The van der Waals surface area contributed by atoms with Gasteiger partial charge in [-0.05, 0) is 65.6 Å². The fourth-order valence-electron chi connectivity index (χ4n) is 4.34. The van der Waals surface area contributed by atoms with Crippen molar-refractivity contribution in [1.82, 2.24) is 0 Å². The van der Waals surface area contributed by atoms with E-state index in [2.05, 4.69) is 152 Å². The number of aryl methyl sites for hydroxylation is 1. The molecule has 31 heavy (non-hydrogen) atoms. The lowest BCUT2D eigenvalue weighted by Crippen LogP contribution is -2.22. The Hall–Kier alpha value is -1.84. The van der Waals surface area contributed by atoms with Gasteiger partial charge in [0.1, 0.15) is 0 Å². The Kier molecular flexibility index (Phi) is 6.88. The van der Waals surface area contributed by atoms with Crippen LogP contribution < -0.4 is 4.90 Å². The molecule has 3 rings (SSSR count). The molecule has 1 heterocycles. The van der Waals surface area contributed by atoms with Crippen molar-refractivity contribution in [3.05, 3.63) is 110 Å². The van der Waals surface area contributed by atoms with Crippen molar-refractivity contribution in [1.29, 1.82) is 0 Å². The second-order valence-electron chi connectivity index (χ2n) is 9.25. The molecule has 0 unspecified atom stereocenters. The van der Waals surface area contributed by atoms with Gasteiger partial charge < -0.3 is 4.90 Å². The van der Waals surface area contributed by atoms with Crippen molar-refractivity contribution < 1.29 is 0 Å². The average molecular weight is 541 g/mol. The minimum absolute atomic E-state index is 0.0360. The van der Waals surface area contributed by atoms with E-state index in [0.717, 1.165) is 14.5 Å². The number of nitrogens with zero attached hydrogens (tertiary/aromatic N) is 1. The van der Waals surface area contributed by atoms with Crippen molar-refractivity contribution >= 4 is 37.5 Å². The molecule has 0 fully saturated rings. The highest BCUT2D eigenvalue weighted by molar-refractivity contribution is 9.10. The predicted molar refractivity (Wildman–Crippen MR) is 143 cm³/mol. The molecule has 0 saturated heterocycles. The van der Waals surface area contributed by atoms with E-state index in [1.165, 1.54) is 28.1 Å². The summed E-state index contributed by atoms with van der Waals surface area (Å²) in [6.45, 7) is 15.5. The Morgan fingerprint density at radius 3 is 2.35 bits per heavy atom. The van der Waals surface area contributed by atoms with Crippen LogP contribution in [0.1, 0.15) is 44.4 Å². The maximum absolute atomic E-state index is 4.36. The highest BCUT2D eigenvalue weighted by Crippen LogP contribution is 2.47. The zero-order valence-corrected chi connectivity index (χ0v) is 22.4. The SMILES string of the molecule is C=C(/C=C/C=C/C=C1/N(C)c2ccc(Br)cc2C1(C)C)C(C)(C)c1cc(Br)ccc1C. The summed E-state index contributed by atoms with van der Waals surface area (Å²) in [7, 11) is 2.14. The summed E-state index contributed by atoms with van der Waals surface area (Å²) in [5.41, 5.74) is 7.38. The molecule has 0 radical (unpaired) electrons. The lowest BCUT2D eigenvalue weighted by Gasteiger charge is -2.28. The van der Waals surface area contributed by atoms with Crippen LogP contribution >= 0.6 is 31.9 Å². The van der Waals surface area contributed by atoms with Gasteiger partial charge in [-0.25, -0.2) is 0 Å². The summed E-state index contributed by atoms with van der Waals surface area (Å²) >= 11 is 7.21. The van der Waals surface area contributed by atoms with E-state index in [1.807, 2.05) is 0 Å². The number of allylic oxidation sites excluding steroid dienone is 7. The first-order valence-electron chi connectivity index (χ1n) is 10.5. The third kappa shape index (κ3) is 4.68. The molecule has 0 saturated carbocycles. The molecule has 0 spiro atoms. The predicted octanol–water partition coefficient (Wildman–Crippen LogP) is 8.78. The molecule has 1 aliphatic heterocycles. The lowest BCUT2D eigenvalue weighted by atomic mass is 9.76. The largest absolute Gasteiger partial charge is 0.347 e. The van der Waals surface area contributed by atoms with Crippen molar-refractivity contribution in [3.8, 4) is 0 Å². The molecule has 0 aromatic heterocycles. The van der Waals surface area contributed by atoms with Gasteiger partial charge >= 0.3 is 0 Å². The van der Waals surface area contributed by atoms with Crippen LogP contribution in [-0.4, -0.2) is 7.05 Å². The van der Waals surface area contributed by atoms with Crippen LogP contribution in [-0.2, 0) is 10.8 Å². The molecule has 0 aliphatic carbocycles. The van der Waals surface area contributed by atoms with Gasteiger partial charge in [0.25, 0.3) is 0 Å². The number of likely N-dealkylation sites (N-methyl/N-ethyl adjacent to an activating group) is 1. The molecule has 0 atom stereocenters. The third-order valence-corrected chi connectivity index (χ3v) is 7.43. The maximum Gasteiger partial charge on any atom is 0.0448 e. The monoisotopic (exact) mass is 539 g/mol. The second kappa shape index (κ2) is 8.96.